The zero-order valence-electron chi connectivity index (χ0n) is 16.2. The Labute approximate surface area is 148 Å². The van der Waals surface area contributed by atoms with E-state index in [0.717, 1.165) is 45.7 Å². The molecule has 0 bridgehead atoms. The van der Waals surface area contributed by atoms with Crippen molar-refractivity contribution in [3.05, 3.63) is 0 Å². The minimum atomic E-state index is -0.665. The first-order valence-electron chi connectivity index (χ1n) is 9.96. The van der Waals surface area contributed by atoms with Gasteiger partial charge in [-0.3, -0.25) is 9.59 Å². The molecule has 1 spiro atoms. The topological polar surface area (TPSA) is 40.6 Å². The summed E-state index contributed by atoms with van der Waals surface area (Å²) in [6.07, 6.45) is 4.77. The van der Waals surface area contributed by atoms with E-state index in [2.05, 4.69) is 23.6 Å². The largest absolute Gasteiger partial charge is 0.304 e. The summed E-state index contributed by atoms with van der Waals surface area (Å²) < 4.78 is 0. The zero-order valence-corrected chi connectivity index (χ0v) is 16.2. The smallest absolute Gasteiger partial charge is 0.146 e. The molecule has 138 valence electrons. The third-order valence-corrected chi connectivity index (χ3v) is 6.71. The predicted molar refractivity (Wildman–Crippen MR) is 98.2 cm³/mol. The Hall–Kier alpha value is -0.740. The maximum Gasteiger partial charge on any atom is 0.146 e. The summed E-state index contributed by atoms with van der Waals surface area (Å²) in [5.41, 5.74) is -0.724. The highest BCUT2D eigenvalue weighted by Crippen LogP contribution is 2.48. The summed E-state index contributed by atoms with van der Waals surface area (Å²) in [6, 6.07) is 0. The molecule has 1 saturated heterocycles. The maximum atomic E-state index is 12.8. The number of nitrogens with zero attached hydrogens (tertiary/aromatic N) is 2. The van der Waals surface area contributed by atoms with Crippen LogP contribution in [0.15, 0.2) is 0 Å². The lowest BCUT2D eigenvalue weighted by atomic mass is 9.60. The standard InChI is InChI=1S/C20H36N2O2/c1-5-20(6-2)17(23)14-19(15-18(20)24)10-13-22(16-19)12-9-11-21(7-3)8-4/h5-16H2,1-4H3. The van der Waals surface area contributed by atoms with Crippen molar-refractivity contribution in [2.24, 2.45) is 10.8 Å². The second-order valence-electron chi connectivity index (χ2n) is 7.90. The molecule has 2 fully saturated rings. The van der Waals surface area contributed by atoms with Crippen molar-refractivity contribution in [3.8, 4) is 0 Å². The molecule has 0 radical (unpaired) electrons. The molecule has 0 aromatic rings. The van der Waals surface area contributed by atoms with E-state index < -0.39 is 5.41 Å². The highest BCUT2D eigenvalue weighted by Gasteiger charge is 2.54. The molecule has 0 atom stereocenters. The van der Waals surface area contributed by atoms with E-state index in [4.69, 9.17) is 0 Å². The van der Waals surface area contributed by atoms with E-state index in [1.54, 1.807) is 0 Å². The van der Waals surface area contributed by atoms with E-state index >= 15 is 0 Å². The number of hydrogen-bond donors (Lipinski definition) is 0. The number of hydrogen-bond acceptors (Lipinski definition) is 4. The second-order valence-corrected chi connectivity index (χ2v) is 7.90. The van der Waals surface area contributed by atoms with Crippen LogP contribution in [0.4, 0.5) is 0 Å². The zero-order chi connectivity index (χ0) is 17.8. The molecule has 0 unspecified atom stereocenters. The fraction of sp³-hybridized carbons (Fsp3) is 0.900. The van der Waals surface area contributed by atoms with Crippen LogP contribution in [-0.2, 0) is 9.59 Å². The maximum absolute atomic E-state index is 12.8. The van der Waals surface area contributed by atoms with Gasteiger partial charge in [0.05, 0.1) is 5.41 Å². The van der Waals surface area contributed by atoms with E-state index in [1.165, 1.54) is 6.42 Å². The average Bonchev–Trinajstić information content (AvgIpc) is 2.94. The van der Waals surface area contributed by atoms with Crippen molar-refractivity contribution in [1.29, 1.82) is 0 Å². The molecule has 0 amide bonds. The molecule has 1 heterocycles. The summed E-state index contributed by atoms with van der Waals surface area (Å²) in [5.74, 6) is 0.433. The first-order valence-corrected chi connectivity index (χ1v) is 9.96. The minimum absolute atomic E-state index is 0.0583. The number of rotatable bonds is 8. The summed E-state index contributed by atoms with van der Waals surface area (Å²) in [7, 11) is 0. The fourth-order valence-corrected chi connectivity index (χ4v) is 4.84. The van der Waals surface area contributed by atoms with Gasteiger partial charge in [0.15, 0.2) is 0 Å². The third kappa shape index (κ3) is 3.75. The quantitative estimate of drug-likeness (QED) is 0.639. The average molecular weight is 337 g/mol. The van der Waals surface area contributed by atoms with Gasteiger partial charge >= 0.3 is 0 Å². The summed E-state index contributed by atoms with van der Waals surface area (Å²) in [4.78, 5) is 30.5. The monoisotopic (exact) mass is 336 g/mol. The molecule has 1 aliphatic heterocycles. The first-order chi connectivity index (χ1) is 11.4. The van der Waals surface area contributed by atoms with Crippen molar-refractivity contribution >= 4 is 11.6 Å². The number of carbonyl (C=O) groups is 2. The molecule has 0 aromatic heterocycles. The van der Waals surface area contributed by atoms with Crippen molar-refractivity contribution in [1.82, 2.24) is 9.80 Å². The van der Waals surface area contributed by atoms with Crippen molar-refractivity contribution in [2.75, 3.05) is 39.3 Å². The molecule has 1 aliphatic carbocycles. The summed E-state index contributed by atoms with van der Waals surface area (Å²) >= 11 is 0. The molecule has 2 rings (SSSR count). The number of ketones is 2. The Balaban J connectivity index is 1.91. The van der Waals surface area contributed by atoms with Crippen LogP contribution >= 0.6 is 0 Å². The van der Waals surface area contributed by atoms with Crippen molar-refractivity contribution in [2.45, 2.75) is 66.2 Å². The van der Waals surface area contributed by atoms with Gasteiger partial charge in [0, 0.05) is 19.4 Å². The van der Waals surface area contributed by atoms with Gasteiger partial charge in [0.25, 0.3) is 0 Å². The number of Topliss-reactive ketones (excluding diaryl/α,β-unsaturated/α-hetero) is 2. The van der Waals surface area contributed by atoms with Crippen LogP contribution in [0.5, 0.6) is 0 Å². The predicted octanol–water partition coefficient (Wildman–Crippen LogP) is 3.15. The Morgan fingerprint density at radius 1 is 1.00 bits per heavy atom. The van der Waals surface area contributed by atoms with Gasteiger partial charge in [-0.2, -0.15) is 0 Å². The Bertz CT molecular complexity index is 433. The van der Waals surface area contributed by atoms with Gasteiger partial charge in [0.2, 0.25) is 0 Å². The molecular formula is C20H36N2O2. The highest BCUT2D eigenvalue weighted by molar-refractivity contribution is 6.09. The van der Waals surface area contributed by atoms with Gasteiger partial charge in [-0.15, -0.1) is 0 Å². The number of likely N-dealkylation sites (tertiary alicyclic amines) is 1. The van der Waals surface area contributed by atoms with E-state index in [-0.39, 0.29) is 17.0 Å². The van der Waals surface area contributed by atoms with Gasteiger partial charge in [-0.1, -0.05) is 27.7 Å². The normalized spacial score (nSPS) is 23.5. The first kappa shape index (κ1) is 19.6. The Morgan fingerprint density at radius 2 is 1.58 bits per heavy atom. The number of carbonyl (C=O) groups excluding carboxylic acids is 2. The van der Waals surface area contributed by atoms with Crippen LogP contribution in [-0.4, -0.2) is 60.6 Å². The van der Waals surface area contributed by atoms with Crippen LogP contribution in [0.1, 0.15) is 66.2 Å². The summed E-state index contributed by atoms with van der Waals surface area (Å²) in [5, 5.41) is 0. The summed E-state index contributed by atoms with van der Waals surface area (Å²) in [6.45, 7) is 14.8. The Morgan fingerprint density at radius 3 is 2.08 bits per heavy atom. The molecule has 0 aromatic carbocycles. The van der Waals surface area contributed by atoms with Gasteiger partial charge in [-0.05, 0) is 63.8 Å². The van der Waals surface area contributed by atoms with Crippen LogP contribution in [0, 0.1) is 10.8 Å². The molecular weight excluding hydrogens is 300 g/mol. The van der Waals surface area contributed by atoms with Crippen LogP contribution in [0.2, 0.25) is 0 Å². The second kappa shape index (κ2) is 8.09. The van der Waals surface area contributed by atoms with E-state index in [9.17, 15) is 9.59 Å². The van der Waals surface area contributed by atoms with E-state index in [0.29, 0.717) is 25.7 Å². The van der Waals surface area contributed by atoms with Gasteiger partial charge in [-0.25, -0.2) is 0 Å². The fourth-order valence-electron chi connectivity index (χ4n) is 4.84. The molecule has 24 heavy (non-hydrogen) atoms. The minimum Gasteiger partial charge on any atom is -0.304 e. The van der Waals surface area contributed by atoms with E-state index in [1.807, 2.05) is 13.8 Å². The molecule has 1 saturated carbocycles. The Kier molecular flexibility index (Phi) is 6.60. The molecule has 0 N–H and O–H groups in total. The van der Waals surface area contributed by atoms with Crippen molar-refractivity contribution < 1.29 is 9.59 Å². The molecule has 2 aliphatic rings. The lowest BCUT2D eigenvalue weighted by Crippen LogP contribution is -2.49. The van der Waals surface area contributed by atoms with Gasteiger partial charge < -0.3 is 9.80 Å². The van der Waals surface area contributed by atoms with Crippen LogP contribution in [0.3, 0.4) is 0 Å². The highest BCUT2D eigenvalue weighted by atomic mass is 16.2. The van der Waals surface area contributed by atoms with Crippen LogP contribution in [0.25, 0.3) is 0 Å². The molecule has 4 nitrogen and oxygen atoms in total. The van der Waals surface area contributed by atoms with Gasteiger partial charge in [0.1, 0.15) is 11.6 Å². The lowest BCUT2D eigenvalue weighted by Gasteiger charge is -2.41. The van der Waals surface area contributed by atoms with Crippen LogP contribution < -0.4 is 0 Å². The molecule has 4 heteroatoms. The SMILES string of the molecule is CCN(CC)CCCN1CCC2(CC(=O)C(CC)(CC)C(=O)C2)C1. The van der Waals surface area contributed by atoms with Crippen molar-refractivity contribution in [3.63, 3.8) is 0 Å². The third-order valence-electron chi connectivity index (χ3n) is 6.71. The lowest BCUT2D eigenvalue weighted by molar-refractivity contribution is -0.149.